The van der Waals surface area contributed by atoms with E-state index in [1.54, 1.807) is 60.7 Å². The van der Waals surface area contributed by atoms with Gasteiger partial charge in [0.25, 0.3) is 0 Å². The number of carbonyl (C=O) groups excluding carboxylic acids is 1. The first-order valence-electron chi connectivity index (χ1n) is 18.1. The molecule has 0 saturated heterocycles. The lowest BCUT2D eigenvalue weighted by molar-refractivity contribution is -0.137. The molecule has 0 aromatic heterocycles. The Hall–Kier alpha value is -5.98. The lowest BCUT2D eigenvalue weighted by Gasteiger charge is -2.33. The maximum atomic E-state index is 11.6. The van der Waals surface area contributed by atoms with Crippen molar-refractivity contribution in [3.8, 4) is 34.5 Å². The molecular formula is C43H40N3O8P3. The van der Waals surface area contributed by atoms with Crippen molar-refractivity contribution in [1.82, 2.24) is 0 Å². The smallest absolute Gasteiger partial charge is 0.460 e. The SMILES string of the molecule is C=CC(=O)OCCCCc1ccccc1OP1(Oc2ccccc2)=NP(Oc2ccccc2)(Oc2ccccc2)=NP(Oc2ccccc2)(Oc2ccccc2)=N1. The summed E-state index contributed by atoms with van der Waals surface area (Å²) < 4.78 is 62.4. The predicted molar refractivity (Wildman–Crippen MR) is 225 cm³/mol. The monoisotopic (exact) mass is 819 g/mol. The first-order valence-corrected chi connectivity index (χ1v) is 22.7. The van der Waals surface area contributed by atoms with Crippen LogP contribution in [0.1, 0.15) is 18.4 Å². The van der Waals surface area contributed by atoms with Crippen molar-refractivity contribution in [1.29, 1.82) is 0 Å². The first-order chi connectivity index (χ1) is 27.9. The fraction of sp³-hybridized carbons (Fsp3) is 0.0930. The highest BCUT2D eigenvalue weighted by atomic mass is 31.3. The van der Waals surface area contributed by atoms with Crippen LogP contribution in [0.3, 0.4) is 0 Å². The van der Waals surface area contributed by atoms with Crippen molar-refractivity contribution in [3.63, 3.8) is 0 Å². The molecular weight excluding hydrogens is 779 g/mol. The Morgan fingerprint density at radius 1 is 0.456 bits per heavy atom. The molecule has 0 fully saturated rings. The van der Waals surface area contributed by atoms with E-state index in [1.807, 2.05) is 115 Å². The second-order valence-electron chi connectivity index (χ2n) is 12.3. The van der Waals surface area contributed by atoms with Gasteiger partial charge in [0.05, 0.1) is 6.61 Å². The molecule has 0 bridgehead atoms. The molecule has 1 aliphatic rings. The van der Waals surface area contributed by atoms with E-state index in [1.165, 1.54) is 0 Å². The number of ether oxygens (including phenoxy) is 1. The van der Waals surface area contributed by atoms with Gasteiger partial charge in [0, 0.05) is 6.08 Å². The summed E-state index contributed by atoms with van der Waals surface area (Å²) in [6, 6.07) is 53.4. The molecule has 6 aromatic carbocycles. The molecule has 1 unspecified atom stereocenters. The topological polar surface area (TPSA) is 119 Å². The molecule has 1 heterocycles. The molecule has 290 valence electrons. The molecule has 0 aliphatic carbocycles. The van der Waals surface area contributed by atoms with Crippen molar-refractivity contribution >= 4 is 28.9 Å². The maximum absolute atomic E-state index is 11.6. The molecule has 1 aliphatic heterocycles. The van der Waals surface area contributed by atoms with Crippen molar-refractivity contribution in [2.75, 3.05) is 6.61 Å². The third-order valence-corrected chi connectivity index (χ3v) is 16.1. The standard InChI is InChI=1S/C43H40N3O8P3/c1-2-43(47)48-35-21-20-23-36-22-18-19-34-42(36)54-57(53-41-32-16-7-17-33-41)45-55(49-37-24-8-3-9-25-37,50-38-26-10-4-11-27-38)44-56(46-57,51-39-28-12-5-13-29-39)52-40-30-14-6-15-31-40/h2-19,22,24-34H,1,20-21,23,35H2. The lowest BCUT2D eigenvalue weighted by Crippen LogP contribution is -2.11. The third-order valence-electron chi connectivity index (χ3n) is 7.96. The summed E-state index contributed by atoms with van der Waals surface area (Å²) in [7, 11) is -12.0. The van der Waals surface area contributed by atoms with Gasteiger partial charge < -0.3 is 31.9 Å². The van der Waals surface area contributed by atoms with E-state index in [9.17, 15) is 4.79 Å². The molecule has 1 atom stereocenters. The Morgan fingerprint density at radius 2 is 0.789 bits per heavy atom. The maximum Gasteiger partial charge on any atom is 0.460 e. The number of carbonyl (C=O) groups is 1. The molecule has 0 amide bonds. The summed E-state index contributed by atoms with van der Waals surface area (Å²) in [5.74, 6) is 2.17. The molecule has 0 radical (unpaired) electrons. The van der Waals surface area contributed by atoms with E-state index in [4.69, 9.17) is 45.4 Å². The summed E-state index contributed by atoms with van der Waals surface area (Å²) in [6.45, 7) is 3.73. The summed E-state index contributed by atoms with van der Waals surface area (Å²) in [5.41, 5.74) is 0.852. The number of para-hydroxylation sites is 6. The number of hydrogen-bond acceptors (Lipinski definition) is 11. The Morgan fingerprint density at radius 3 is 1.16 bits per heavy atom. The number of benzene rings is 6. The molecule has 0 spiro atoms. The van der Waals surface area contributed by atoms with Gasteiger partial charge in [0.15, 0.2) is 0 Å². The van der Waals surface area contributed by atoms with Gasteiger partial charge >= 0.3 is 28.9 Å². The van der Waals surface area contributed by atoms with Crippen molar-refractivity contribution < 1.29 is 36.7 Å². The van der Waals surface area contributed by atoms with Crippen molar-refractivity contribution in [3.05, 3.63) is 194 Å². The Balaban J connectivity index is 1.47. The van der Waals surface area contributed by atoms with E-state index in [0.717, 1.165) is 11.6 Å². The molecule has 11 nitrogen and oxygen atoms in total. The zero-order chi connectivity index (χ0) is 39.2. The van der Waals surface area contributed by atoms with E-state index in [0.29, 0.717) is 53.8 Å². The van der Waals surface area contributed by atoms with Crippen LogP contribution in [0.25, 0.3) is 0 Å². The first kappa shape index (κ1) is 39.3. The fourth-order valence-corrected chi connectivity index (χ4v) is 14.5. The molecule has 14 heteroatoms. The quantitative estimate of drug-likeness (QED) is 0.0364. The number of nitrogens with zero attached hydrogens (tertiary/aromatic N) is 3. The van der Waals surface area contributed by atoms with Crippen LogP contribution in [0.15, 0.2) is 202 Å². The minimum absolute atomic E-state index is 0.259. The molecule has 0 N–H and O–H groups in total. The van der Waals surface area contributed by atoms with Crippen LogP contribution >= 0.6 is 23.0 Å². The fourth-order valence-electron chi connectivity index (χ4n) is 5.43. The molecule has 6 aromatic rings. The van der Waals surface area contributed by atoms with Crippen LogP contribution in [0.5, 0.6) is 34.5 Å². The van der Waals surface area contributed by atoms with E-state index >= 15 is 0 Å². The molecule has 7 rings (SSSR count). The zero-order valence-electron chi connectivity index (χ0n) is 30.8. The summed E-state index contributed by atoms with van der Waals surface area (Å²) in [4.78, 5) is 11.6. The molecule has 0 saturated carbocycles. The van der Waals surface area contributed by atoms with E-state index in [-0.39, 0.29) is 6.61 Å². The predicted octanol–water partition coefficient (Wildman–Crippen LogP) is 13.4. The van der Waals surface area contributed by atoms with Crippen LogP contribution < -0.4 is 27.1 Å². The number of aryl methyl sites for hydroxylation is 1. The summed E-state index contributed by atoms with van der Waals surface area (Å²) >= 11 is 0. The number of esters is 1. The zero-order valence-corrected chi connectivity index (χ0v) is 33.5. The van der Waals surface area contributed by atoms with Gasteiger partial charge in [-0.15, -0.1) is 0 Å². The van der Waals surface area contributed by atoms with Gasteiger partial charge in [0.1, 0.15) is 34.5 Å². The summed E-state index contributed by atoms with van der Waals surface area (Å²) in [5, 5.41) is 0. The lowest BCUT2D eigenvalue weighted by atomic mass is 10.1. The van der Waals surface area contributed by atoms with Gasteiger partial charge in [0.2, 0.25) is 0 Å². The Kier molecular flexibility index (Phi) is 12.9. The Bertz CT molecular complexity index is 2240. The third kappa shape index (κ3) is 10.9. The van der Waals surface area contributed by atoms with Gasteiger partial charge in [-0.1, -0.05) is 129 Å². The van der Waals surface area contributed by atoms with Crippen LogP contribution in [0, 0.1) is 0 Å². The number of rotatable bonds is 18. The average Bonchev–Trinajstić information content (AvgIpc) is 3.22. The average molecular weight is 820 g/mol. The highest BCUT2D eigenvalue weighted by molar-refractivity contribution is 7.79. The van der Waals surface area contributed by atoms with Gasteiger partial charge in [-0.3, -0.25) is 0 Å². The highest BCUT2D eigenvalue weighted by Gasteiger charge is 2.49. The van der Waals surface area contributed by atoms with Crippen LogP contribution in [0.2, 0.25) is 0 Å². The van der Waals surface area contributed by atoms with Gasteiger partial charge in [-0.25, -0.2) is 4.79 Å². The number of unbranched alkanes of at least 4 members (excludes halogenated alkanes) is 1. The second-order valence-corrected chi connectivity index (χ2v) is 18.5. The van der Waals surface area contributed by atoms with Crippen LogP contribution in [-0.4, -0.2) is 12.6 Å². The highest BCUT2D eigenvalue weighted by Crippen LogP contribution is 2.78. The minimum Gasteiger partial charge on any atom is -0.463 e. The normalized spacial score (nSPS) is 16.2. The van der Waals surface area contributed by atoms with Crippen molar-refractivity contribution in [2.45, 2.75) is 19.3 Å². The Labute approximate surface area is 332 Å². The van der Waals surface area contributed by atoms with E-state index < -0.39 is 28.9 Å². The molecule has 57 heavy (non-hydrogen) atoms. The van der Waals surface area contributed by atoms with E-state index in [2.05, 4.69) is 6.58 Å². The van der Waals surface area contributed by atoms with Crippen LogP contribution in [-0.2, 0) is 16.0 Å². The van der Waals surface area contributed by atoms with Gasteiger partial charge in [-0.05, 0) is 91.6 Å². The minimum atomic E-state index is -4.04. The number of hydrogen-bond donors (Lipinski definition) is 0. The summed E-state index contributed by atoms with van der Waals surface area (Å²) in [6.07, 6.45) is 3.05. The van der Waals surface area contributed by atoms with Crippen molar-refractivity contribution in [2.24, 2.45) is 13.5 Å². The van der Waals surface area contributed by atoms with Crippen LogP contribution in [0.4, 0.5) is 0 Å². The largest absolute Gasteiger partial charge is 0.463 e. The van der Waals surface area contributed by atoms with Gasteiger partial charge in [-0.2, -0.15) is 0 Å². The second kappa shape index (κ2) is 18.8.